The van der Waals surface area contributed by atoms with E-state index in [1.54, 1.807) is 12.1 Å². The highest BCUT2D eigenvalue weighted by molar-refractivity contribution is 5.96. The van der Waals surface area contributed by atoms with Crippen LogP contribution < -0.4 is 5.32 Å². The second-order valence-corrected chi connectivity index (χ2v) is 13.0. The minimum Gasteiger partial charge on any atom is -0.480 e. The summed E-state index contributed by atoms with van der Waals surface area (Å²) in [5.74, 6) is 0.589. The first-order valence-electron chi connectivity index (χ1n) is 15.6. The Morgan fingerprint density at radius 1 is 0.818 bits per heavy atom. The number of benzene rings is 2. The molecule has 5 rings (SSSR count). The number of amides is 1. The van der Waals surface area contributed by atoms with Gasteiger partial charge in [0, 0.05) is 47.2 Å². The molecule has 2 heterocycles. The van der Waals surface area contributed by atoms with E-state index in [4.69, 9.17) is 0 Å². The zero-order valence-electron chi connectivity index (χ0n) is 26.1. The van der Waals surface area contributed by atoms with E-state index in [1.807, 2.05) is 57.4 Å². The van der Waals surface area contributed by atoms with Crippen molar-refractivity contribution in [1.82, 2.24) is 20.3 Å². The van der Waals surface area contributed by atoms with Gasteiger partial charge in [-0.3, -0.25) is 9.78 Å². The highest BCUT2D eigenvalue weighted by Gasteiger charge is 2.23. The molecule has 7 nitrogen and oxygen atoms in total. The monoisotopic (exact) mass is 590 g/mol. The van der Waals surface area contributed by atoms with Gasteiger partial charge in [-0.1, -0.05) is 82.6 Å². The van der Waals surface area contributed by atoms with Gasteiger partial charge in [0.05, 0.1) is 5.56 Å². The summed E-state index contributed by atoms with van der Waals surface area (Å²) < 4.78 is 0. The Bertz CT molecular complexity index is 1550. The van der Waals surface area contributed by atoms with Crippen LogP contribution in [0.15, 0.2) is 79.3 Å². The van der Waals surface area contributed by atoms with Crippen LogP contribution in [0.25, 0.3) is 22.5 Å². The molecule has 0 aliphatic heterocycles. The fourth-order valence-electron chi connectivity index (χ4n) is 5.92. The van der Waals surface area contributed by atoms with Crippen LogP contribution in [0.5, 0.6) is 0 Å². The Labute approximate surface area is 260 Å². The number of pyridine rings is 1. The predicted octanol–water partition coefficient (Wildman–Crippen LogP) is 7.61. The van der Waals surface area contributed by atoms with Crippen LogP contribution in [0.1, 0.15) is 92.9 Å². The number of hydrogen-bond donors (Lipinski definition) is 2. The third kappa shape index (κ3) is 7.57. The van der Waals surface area contributed by atoms with Crippen molar-refractivity contribution in [2.75, 3.05) is 0 Å². The second-order valence-electron chi connectivity index (χ2n) is 13.0. The van der Waals surface area contributed by atoms with Crippen LogP contribution in [0.4, 0.5) is 0 Å². The van der Waals surface area contributed by atoms with Crippen LogP contribution in [-0.4, -0.2) is 38.0 Å². The maximum Gasteiger partial charge on any atom is 0.326 e. The standard InChI is InChI=1S/C37H42N4O3/c1-5-24-6-10-26(11-7-24)27-14-16-28(17-15-27)31-22-39-34(40-23-31)29-12-8-25(9-13-29)20-32(36(43)44)41-35(42)30-18-19-33(38-21-30)37(2,3)4/h8-9,12-19,21-24,26,32H,5-7,10-11,20H2,1-4H3,(H,41,42)(H,43,44)/t24?,26?,32-/m0/s1. The molecule has 1 aliphatic carbocycles. The van der Waals surface area contributed by atoms with E-state index >= 15 is 0 Å². The summed E-state index contributed by atoms with van der Waals surface area (Å²) in [6.07, 6.45) is 11.8. The van der Waals surface area contributed by atoms with Gasteiger partial charge in [0.25, 0.3) is 5.91 Å². The normalized spacial score (nSPS) is 17.5. The quantitative estimate of drug-likeness (QED) is 0.208. The molecule has 0 bridgehead atoms. The number of nitrogens with one attached hydrogen (secondary N) is 1. The molecular formula is C37H42N4O3. The van der Waals surface area contributed by atoms with Crippen molar-refractivity contribution in [2.45, 2.75) is 83.6 Å². The Morgan fingerprint density at radius 2 is 1.45 bits per heavy atom. The third-order valence-corrected chi connectivity index (χ3v) is 8.84. The van der Waals surface area contributed by atoms with Crippen molar-refractivity contribution in [3.63, 3.8) is 0 Å². The fourth-order valence-corrected chi connectivity index (χ4v) is 5.92. The highest BCUT2D eigenvalue weighted by atomic mass is 16.4. The molecule has 1 saturated carbocycles. The molecule has 1 atom stereocenters. The molecule has 2 aromatic carbocycles. The van der Waals surface area contributed by atoms with Crippen LogP contribution in [0.3, 0.4) is 0 Å². The number of hydrogen-bond acceptors (Lipinski definition) is 5. The zero-order chi connectivity index (χ0) is 31.3. The van der Waals surface area contributed by atoms with Crippen LogP contribution >= 0.6 is 0 Å². The number of carbonyl (C=O) groups excluding carboxylic acids is 1. The molecule has 4 aromatic rings. The lowest BCUT2D eigenvalue weighted by atomic mass is 9.78. The molecule has 2 aromatic heterocycles. The van der Waals surface area contributed by atoms with Gasteiger partial charge in [-0.05, 0) is 66.3 Å². The first kappa shape index (κ1) is 31.0. The lowest BCUT2D eigenvalue weighted by Gasteiger charge is -2.28. The van der Waals surface area contributed by atoms with Gasteiger partial charge in [0.15, 0.2) is 5.82 Å². The Hall–Kier alpha value is -4.39. The first-order chi connectivity index (χ1) is 21.1. The number of carboxylic acids is 1. The van der Waals surface area contributed by atoms with Crippen molar-refractivity contribution in [1.29, 1.82) is 0 Å². The third-order valence-electron chi connectivity index (χ3n) is 8.84. The van der Waals surface area contributed by atoms with E-state index in [2.05, 4.69) is 51.5 Å². The van der Waals surface area contributed by atoms with Gasteiger partial charge in [0.2, 0.25) is 0 Å². The van der Waals surface area contributed by atoms with Crippen molar-refractivity contribution >= 4 is 11.9 Å². The topological polar surface area (TPSA) is 105 Å². The summed E-state index contributed by atoms with van der Waals surface area (Å²) in [7, 11) is 0. The fraction of sp³-hybridized carbons (Fsp3) is 0.378. The van der Waals surface area contributed by atoms with E-state index in [0.29, 0.717) is 17.3 Å². The molecule has 0 spiro atoms. The lowest BCUT2D eigenvalue weighted by molar-refractivity contribution is -0.139. The van der Waals surface area contributed by atoms with Crippen LogP contribution in [-0.2, 0) is 16.6 Å². The van der Waals surface area contributed by atoms with E-state index in [-0.39, 0.29) is 11.8 Å². The molecule has 7 heteroatoms. The van der Waals surface area contributed by atoms with Gasteiger partial charge in [-0.25, -0.2) is 14.8 Å². The molecule has 228 valence electrons. The lowest BCUT2D eigenvalue weighted by Crippen LogP contribution is -2.42. The van der Waals surface area contributed by atoms with Gasteiger partial charge >= 0.3 is 5.97 Å². The van der Waals surface area contributed by atoms with Crippen molar-refractivity contribution in [3.8, 4) is 22.5 Å². The van der Waals surface area contributed by atoms with Gasteiger partial charge in [-0.15, -0.1) is 0 Å². The summed E-state index contributed by atoms with van der Waals surface area (Å²) >= 11 is 0. The van der Waals surface area contributed by atoms with Gasteiger partial charge < -0.3 is 10.4 Å². The first-order valence-corrected chi connectivity index (χ1v) is 15.6. The Balaban J connectivity index is 1.19. The number of aromatic nitrogens is 3. The van der Waals surface area contributed by atoms with Crippen LogP contribution in [0.2, 0.25) is 0 Å². The summed E-state index contributed by atoms with van der Waals surface area (Å²) in [5.41, 5.74) is 6.15. The molecule has 2 N–H and O–H groups in total. The molecule has 1 fully saturated rings. The molecule has 1 amide bonds. The summed E-state index contributed by atoms with van der Waals surface area (Å²) in [4.78, 5) is 38.3. The number of carboxylic acid groups (broad SMARTS) is 1. The number of aliphatic carboxylic acids is 1. The number of rotatable bonds is 9. The van der Waals surface area contributed by atoms with Gasteiger partial charge in [0.1, 0.15) is 6.04 Å². The van der Waals surface area contributed by atoms with Crippen molar-refractivity contribution < 1.29 is 14.7 Å². The SMILES string of the molecule is CCC1CCC(c2ccc(-c3cnc(-c4ccc(C[C@H](NC(=O)c5ccc(C(C)(C)C)nc5)C(=O)O)cc4)nc3)cc2)CC1. The van der Waals surface area contributed by atoms with Crippen molar-refractivity contribution in [2.24, 2.45) is 5.92 Å². The molecular weight excluding hydrogens is 548 g/mol. The maximum absolute atomic E-state index is 12.8. The van der Waals surface area contributed by atoms with E-state index in [9.17, 15) is 14.7 Å². The van der Waals surface area contributed by atoms with Gasteiger partial charge in [-0.2, -0.15) is 0 Å². The van der Waals surface area contributed by atoms with Crippen molar-refractivity contribution in [3.05, 3.63) is 102 Å². The number of carbonyl (C=O) groups is 2. The average Bonchev–Trinajstić information content (AvgIpc) is 3.04. The van der Waals surface area contributed by atoms with E-state index in [1.165, 1.54) is 43.9 Å². The largest absolute Gasteiger partial charge is 0.480 e. The minimum absolute atomic E-state index is 0.142. The number of nitrogens with zero attached hydrogens (tertiary/aromatic N) is 3. The average molecular weight is 591 g/mol. The smallest absolute Gasteiger partial charge is 0.326 e. The van der Waals surface area contributed by atoms with Crippen LogP contribution in [0, 0.1) is 5.92 Å². The molecule has 0 unspecified atom stereocenters. The van der Waals surface area contributed by atoms with E-state index < -0.39 is 17.9 Å². The minimum atomic E-state index is -1.10. The zero-order valence-corrected chi connectivity index (χ0v) is 26.1. The molecule has 1 aliphatic rings. The highest BCUT2D eigenvalue weighted by Crippen LogP contribution is 2.37. The van der Waals surface area contributed by atoms with E-state index in [0.717, 1.165) is 33.9 Å². The maximum atomic E-state index is 12.8. The summed E-state index contributed by atoms with van der Waals surface area (Å²) in [6.45, 7) is 8.43. The predicted molar refractivity (Wildman–Crippen MR) is 173 cm³/mol. The Kier molecular flexibility index (Phi) is 9.52. The molecule has 0 saturated heterocycles. The summed E-state index contributed by atoms with van der Waals surface area (Å²) in [5, 5.41) is 12.4. The molecule has 44 heavy (non-hydrogen) atoms. The second kappa shape index (κ2) is 13.5. The summed E-state index contributed by atoms with van der Waals surface area (Å²) in [6, 6.07) is 18.7. The Morgan fingerprint density at radius 3 is 2.00 bits per heavy atom. The molecule has 0 radical (unpaired) electrons.